The number of carboxylic acids is 2. The highest BCUT2D eigenvalue weighted by atomic mass is 35.5. The molecule has 192 valence electrons. The van der Waals surface area contributed by atoms with Crippen LogP contribution in [0.25, 0.3) is 0 Å². The van der Waals surface area contributed by atoms with Gasteiger partial charge in [-0.3, -0.25) is 4.72 Å². The normalized spacial score (nSPS) is 14.7. The second kappa shape index (κ2) is 12.1. The number of aromatic carboxylic acids is 1. The molecule has 0 bridgehead atoms. The third-order valence-electron chi connectivity index (χ3n) is 5.04. The van der Waals surface area contributed by atoms with Crippen LogP contribution >= 0.6 is 11.6 Å². The quantitative estimate of drug-likeness (QED) is 0.477. The summed E-state index contributed by atoms with van der Waals surface area (Å²) in [7, 11) is -3.92. The number of halogens is 4. The van der Waals surface area contributed by atoms with Crippen LogP contribution in [-0.2, 0) is 14.8 Å². The molecule has 2 aromatic carbocycles. The van der Waals surface area contributed by atoms with E-state index in [0.29, 0.717) is 5.69 Å². The van der Waals surface area contributed by atoms with Crippen molar-refractivity contribution in [3.05, 3.63) is 53.1 Å². The smallest absolute Gasteiger partial charge is 0.478 e. The van der Waals surface area contributed by atoms with Crippen LogP contribution in [0.2, 0.25) is 5.02 Å². The first-order valence-electron chi connectivity index (χ1n) is 10.5. The largest absolute Gasteiger partial charge is 0.490 e. The van der Waals surface area contributed by atoms with Crippen molar-refractivity contribution in [2.45, 2.75) is 43.2 Å². The second-order valence-electron chi connectivity index (χ2n) is 7.63. The van der Waals surface area contributed by atoms with Crippen LogP contribution in [0.1, 0.15) is 42.5 Å². The zero-order valence-corrected chi connectivity index (χ0v) is 20.0. The monoisotopic (exact) mass is 536 g/mol. The number of benzene rings is 2. The third kappa shape index (κ3) is 8.32. The molecule has 0 atom stereocenters. The number of alkyl halides is 3. The van der Waals surface area contributed by atoms with E-state index in [0.717, 1.165) is 38.8 Å². The van der Waals surface area contributed by atoms with Crippen LogP contribution in [0.4, 0.5) is 24.5 Å². The van der Waals surface area contributed by atoms with E-state index in [1.165, 1.54) is 24.6 Å². The molecular weight excluding hydrogens is 513 g/mol. The van der Waals surface area contributed by atoms with Gasteiger partial charge in [-0.1, -0.05) is 43.0 Å². The average molecular weight is 537 g/mol. The molecule has 0 spiro atoms. The molecule has 0 saturated carbocycles. The Morgan fingerprint density at radius 2 is 1.49 bits per heavy atom. The second-order valence-corrected chi connectivity index (χ2v) is 9.69. The lowest BCUT2D eigenvalue weighted by Gasteiger charge is -2.28. The predicted molar refractivity (Wildman–Crippen MR) is 125 cm³/mol. The lowest BCUT2D eigenvalue weighted by molar-refractivity contribution is -0.192. The maximum Gasteiger partial charge on any atom is 0.490 e. The molecule has 0 unspecified atom stereocenters. The minimum Gasteiger partial charge on any atom is -0.478 e. The molecule has 0 radical (unpaired) electrons. The molecule has 3 N–H and O–H groups in total. The van der Waals surface area contributed by atoms with E-state index < -0.39 is 28.1 Å². The van der Waals surface area contributed by atoms with E-state index in [1.807, 2.05) is 0 Å². The summed E-state index contributed by atoms with van der Waals surface area (Å²) in [4.78, 5) is 22.8. The van der Waals surface area contributed by atoms with E-state index in [4.69, 9.17) is 21.5 Å². The zero-order chi connectivity index (χ0) is 26.2. The van der Waals surface area contributed by atoms with Crippen molar-refractivity contribution in [3.8, 4) is 0 Å². The van der Waals surface area contributed by atoms with Crippen molar-refractivity contribution in [3.63, 3.8) is 0 Å². The highest BCUT2D eigenvalue weighted by molar-refractivity contribution is 7.92. The number of carboxylic acid groups (broad SMARTS) is 2. The first-order chi connectivity index (χ1) is 16.3. The van der Waals surface area contributed by atoms with Gasteiger partial charge in [0.05, 0.1) is 16.3 Å². The summed E-state index contributed by atoms with van der Waals surface area (Å²) in [6, 6.07) is 10.7. The molecular formula is C22H24ClF3N2O6S. The SMILES string of the molecule is O=C(O)C(F)(F)F.O=C(O)c1cc(NS(=O)(=O)c2ccccc2Cl)ccc1N1CCCCCCC1. The van der Waals surface area contributed by atoms with Gasteiger partial charge in [0.25, 0.3) is 10.0 Å². The first kappa shape index (κ1) is 28.2. The van der Waals surface area contributed by atoms with Gasteiger partial charge in [-0.25, -0.2) is 18.0 Å². The number of aliphatic carboxylic acids is 1. The van der Waals surface area contributed by atoms with Gasteiger partial charge in [0, 0.05) is 18.8 Å². The fourth-order valence-electron chi connectivity index (χ4n) is 3.41. The molecule has 1 fully saturated rings. The Bertz CT molecular complexity index is 1150. The van der Waals surface area contributed by atoms with Crippen LogP contribution in [0.15, 0.2) is 47.4 Å². The molecule has 1 saturated heterocycles. The summed E-state index contributed by atoms with van der Waals surface area (Å²) in [5, 5.41) is 16.9. The van der Waals surface area contributed by atoms with Gasteiger partial charge in [0.1, 0.15) is 4.90 Å². The van der Waals surface area contributed by atoms with E-state index in [9.17, 15) is 31.5 Å². The molecule has 13 heteroatoms. The Balaban J connectivity index is 0.000000540. The Hall–Kier alpha value is -2.99. The van der Waals surface area contributed by atoms with Crippen LogP contribution in [0.3, 0.4) is 0 Å². The molecule has 0 aliphatic carbocycles. The minimum absolute atomic E-state index is 0.0543. The van der Waals surface area contributed by atoms with Crippen molar-refractivity contribution in [2.24, 2.45) is 0 Å². The fourth-order valence-corrected chi connectivity index (χ4v) is 4.98. The highest BCUT2D eigenvalue weighted by Crippen LogP contribution is 2.29. The van der Waals surface area contributed by atoms with Crippen molar-refractivity contribution in [2.75, 3.05) is 22.7 Å². The van der Waals surface area contributed by atoms with E-state index in [-0.39, 0.29) is 21.2 Å². The van der Waals surface area contributed by atoms with Crippen LogP contribution in [0, 0.1) is 0 Å². The number of sulfonamides is 1. The molecule has 1 heterocycles. The molecule has 1 aliphatic rings. The maximum absolute atomic E-state index is 12.6. The number of nitrogens with zero attached hydrogens (tertiary/aromatic N) is 1. The lowest BCUT2D eigenvalue weighted by Crippen LogP contribution is -2.28. The first-order valence-corrected chi connectivity index (χ1v) is 12.4. The molecule has 3 rings (SSSR count). The van der Waals surface area contributed by atoms with Crippen molar-refractivity contribution >= 4 is 44.9 Å². The predicted octanol–water partition coefficient (Wildman–Crippen LogP) is 5.24. The fraction of sp³-hybridized carbons (Fsp3) is 0.364. The number of hydrogen-bond donors (Lipinski definition) is 3. The Kier molecular flexibility index (Phi) is 9.78. The number of carbonyl (C=O) groups is 2. The summed E-state index contributed by atoms with van der Waals surface area (Å²) in [5.74, 6) is -3.84. The average Bonchev–Trinajstić information content (AvgIpc) is 2.73. The van der Waals surface area contributed by atoms with Crippen LogP contribution < -0.4 is 9.62 Å². The number of anilines is 2. The third-order valence-corrected chi connectivity index (χ3v) is 6.93. The summed E-state index contributed by atoms with van der Waals surface area (Å²) < 4.78 is 59.4. The Morgan fingerprint density at radius 3 is 2.00 bits per heavy atom. The maximum atomic E-state index is 12.6. The van der Waals surface area contributed by atoms with Crippen LogP contribution in [0.5, 0.6) is 0 Å². The van der Waals surface area contributed by atoms with Gasteiger partial charge in [-0.15, -0.1) is 0 Å². The standard InChI is InChI=1S/C20H23ClN2O4S.C2HF3O2/c21-17-8-4-5-9-19(17)28(26,27)22-15-10-11-18(16(14-15)20(24)25)23-12-6-2-1-3-7-13-23;3-2(4,5)1(6)7/h4-5,8-11,14,22H,1-3,6-7,12-13H2,(H,24,25);(H,6,7). The molecule has 1 aliphatic heterocycles. The lowest BCUT2D eigenvalue weighted by atomic mass is 10.1. The molecule has 2 aromatic rings. The molecule has 8 nitrogen and oxygen atoms in total. The Morgan fingerprint density at radius 1 is 0.943 bits per heavy atom. The number of hydrogen-bond acceptors (Lipinski definition) is 5. The zero-order valence-electron chi connectivity index (χ0n) is 18.4. The van der Waals surface area contributed by atoms with Gasteiger partial charge in [-0.2, -0.15) is 13.2 Å². The Labute approximate surface area is 205 Å². The van der Waals surface area contributed by atoms with Crippen LogP contribution in [-0.4, -0.2) is 49.8 Å². The summed E-state index contributed by atoms with van der Waals surface area (Å²) in [6.45, 7) is 1.59. The van der Waals surface area contributed by atoms with Gasteiger partial charge in [0.15, 0.2) is 0 Å². The number of nitrogens with one attached hydrogen (secondary N) is 1. The molecule has 0 amide bonds. The number of rotatable bonds is 5. The summed E-state index contributed by atoms with van der Waals surface area (Å²) in [5.41, 5.74) is 0.892. The highest BCUT2D eigenvalue weighted by Gasteiger charge is 2.38. The van der Waals surface area contributed by atoms with Crippen molar-refractivity contribution in [1.82, 2.24) is 0 Å². The van der Waals surface area contributed by atoms with Crippen molar-refractivity contribution < 1.29 is 41.4 Å². The van der Waals surface area contributed by atoms with E-state index in [2.05, 4.69) is 9.62 Å². The van der Waals surface area contributed by atoms with Crippen molar-refractivity contribution in [1.29, 1.82) is 0 Å². The van der Waals surface area contributed by atoms with E-state index >= 15 is 0 Å². The van der Waals surface area contributed by atoms with E-state index in [1.54, 1.807) is 24.3 Å². The van der Waals surface area contributed by atoms with Gasteiger partial charge >= 0.3 is 18.1 Å². The topological polar surface area (TPSA) is 124 Å². The summed E-state index contributed by atoms with van der Waals surface area (Å²) >= 11 is 5.99. The minimum atomic E-state index is -5.08. The molecule has 35 heavy (non-hydrogen) atoms. The summed E-state index contributed by atoms with van der Waals surface area (Å²) in [6.07, 6.45) is 0.422. The van der Waals surface area contributed by atoms with Gasteiger partial charge in [0.2, 0.25) is 0 Å². The molecule has 0 aromatic heterocycles. The van der Waals surface area contributed by atoms with Gasteiger partial charge < -0.3 is 15.1 Å². The van der Waals surface area contributed by atoms with Gasteiger partial charge in [-0.05, 0) is 43.2 Å².